The Kier molecular flexibility index (Phi) is 4.07. The van der Waals surface area contributed by atoms with Gasteiger partial charge in [-0.15, -0.1) is 11.8 Å². The van der Waals surface area contributed by atoms with E-state index in [0.29, 0.717) is 22.8 Å². The molecule has 3 rings (SSSR count). The maximum atomic E-state index is 12.4. The third-order valence-electron chi connectivity index (χ3n) is 3.68. The third-order valence-corrected chi connectivity index (χ3v) is 4.83. The number of rotatable bonds is 4. The molecule has 0 aliphatic carbocycles. The number of ketones is 1. The summed E-state index contributed by atoms with van der Waals surface area (Å²) >= 11 is 1.52. The lowest BCUT2D eigenvalue weighted by atomic mass is 9.99. The molecular formula is C17H16O4S. The Morgan fingerprint density at radius 3 is 2.91 bits per heavy atom. The van der Waals surface area contributed by atoms with Crippen LogP contribution in [0.4, 0.5) is 0 Å². The van der Waals surface area contributed by atoms with Crippen molar-refractivity contribution in [3.05, 3.63) is 57.6 Å². The first-order valence-electron chi connectivity index (χ1n) is 7.05. The number of thioether (sulfide) groups is 1. The number of ether oxygens (including phenoxy) is 1. The Balaban J connectivity index is 1.76. The second-order valence-electron chi connectivity index (χ2n) is 5.31. The van der Waals surface area contributed by atoms with Crippen molar-refractivity contribution in [3.8, 4) is 5.75 Å². The Morgan fingerprint density at radius 2 is 2.14 bits per heavy atom. The molecular weight excluding hydrogens is 300 g/mol. The number of fused-ring (bicyclic) bond motifs is 1. The number of benzene rings is 1. The molecule has 0 N–H and O–H groups in total. The number of carbonyl (C=O) groups excluding carboxylic acids is 1. The Morgan fingerprint density at radius 1 is 1.36 bits per heavy atom. The van der Waals surface area contributed by atoms with Gasteiger partial charge in [-0.1, -0.05) is 18.2 Å². The van der Waals surface area contributed by atoms with E-state index in [9.17, 15) is 9.59 Å². The number of hydrogen-bond acceptors (Lipinski definition) is 5. The van der Waals surface area contributed by atoms with Gasteiger partial charge in [0.25, 0.3) is 0 Å². The van der Waals surface area contributed by atoms with Gasteiger partial charge in [-0.2, -0.15) is 0 Å². The van der Waals surface area contributed by atoms with Crippen LogP contribution in [0.2, 0.25) is 0 Å². The normalized spacial score (nSPS) is 16.4. The molecule has 1 unspecified atom stereocenters. The smallest absolute Gasteiger partial charge is 0.340 e. The average Bonchev–Trinajstić information content (AvgIpc) is 2.90. The van der Waals surface area contributed by atoms with Crippen LogP contribution in [-0.4, -0.2) is 18.1 Å². The van der Waals surface area contributed by atoms with Gasteiger partial charge in [-0.25, -0.2) is 4.79 Å². The van der Waals surface area contributed by atoms with Gasteiger partial charge in [-0.05, 0) is 31.5 Å². The molecule has 0 fully saturated rings. The SMILES string of the molecule is Cc1cc2c(c(=O)o1)C(C(=O)COc1ccccc1C)CS2. The molecule has 2 heterocycles. The summed E-state index contributed by atoms with van der Waals surface area (Å²) in [5.41, 5.74) is 1.05. The predicted molar refractivity (Wildman–Crippen MR) is 84.9 cm³/mol. The minimum Gasteiger partial charge on any atom is -0.486 e. The third kappa shape index (κ3) is 2.81. The van der Waals surface area contributed by atoms with E-state index in [0.717, 1.165) is 10.5 Å². The summed E-state index contributed by atoms with van der Waals surface area (Å²) in [5.74, 6) is 1.30. The molecule has 0 radical (unpaired) electrons. The van der Waals surface area contributed by atoms with Crippen LogP contribution in [0.15, 0.2) is 44.4 Å². The highest BCUT2D eigenvalue weighted by Gasteiger charge is 2.33. The molecule has 2 aromatic rings. The van der Waals surface area contributed by atoms with Crippen LogP contribution in [0.25, 0.3) is 0 Å². The number of hydrogen-bond donors (Lipinski definition) is 0. The zero-order chi connectivity index (χ0) is 15.7. The van der Waals surface area contributed by atoms with Crippen molar-refractivity contribution < 1.29 is 13.9 Å². The lowest BCUT2D eigenvalue weighted by Crippen LogP contribution is -2.24. The van der Waals surface area contributed by atoms with Crippen LogP contribution >= 0.6 is 11.8 Å². The topological polar surface area (TPSA) is 56.5 Å². The zero-order valence-corrected chi connectivity index (χ0v) is 13.2. The molecule has 22 heavy (non-hydrogen) atoms. The minimum atomic E-state index is -0.444. The van der Waals surface area contributed by atoms with Gasteiger partial charge in [-0.3, -0.25) is 4.79 Å². The number of carbonyl (C=O) groups is 1. The maximum absolute atomic E-state index is 12.4. The molecule has 5 heteroatoms. The average molecular weight is 316 g/mol. The van der Waals surface area contributed by atoms with Crippen molar-refractivity contribution in [1.82, 2.24) is 0 Å². The summed E-state index contributed by atoms with van der Waals surface area (Å²) < 4.78 is 10.7. The lowest BCUT2D eigenvalue weighted by molar-refractivity contribution is -0.122. The fourth-order valence-corrected chi connectivity index (χ4v) is 3.83. The fourth-order valence-electron chi connectivity index (χ4n) is 2.51. The number of aryl methyl sites for hydroxylation is 2. The predicted octanol–water partition coefficient (Wildman–Crippen LogP) is 3.09. The summed E-state index contributed by atoms with van der Waals surface area (Å²) in [6, 6.07) is 9.36. The molecule has 1 atom stereocenters. The molecule has 1 aliphatic heterocycles. The second kappa shape index (κ2) is 6.01. The largest absolute Gasteiger partial charge is 0.486 e. The molecule has 0 amide bonds. The fraction of sp³-hybridized carbons (Fsp3) is 0.294. The van der Waals surface area contributed by atoms with E-state index in [4.69, 9.17) is 9.15 Å². The summed E-state index contributed by atoms with van der Waals surface area (Å²) in [5, 5.41) is 0. The molecule has 0 saturated heterocycles. The highest BCUT2D eigenvalue weighted by molar-refractivity contribution is 7.99. The van der Waals surface area contributed by atoms with Gasteiger partial charge in [0.1, 0.15) is 18.1 Å². The highest BCUT2D eigenvalue weighted by atomic mass is 32.2. The van der Waals surface area contributed by atoms with Crippen molar-refractivity contribution >= 4 is 17.5 Å². The van der Waals surface area contributed by atoms with Gasteiger partial charge in [0.05, 0.1) is 11.5 Å². The van der Waals surface area contributed by atoms with Crippen molar-refractivity contribution in [2.75, 3.05) is 12.4 Å². The van der Waals surface area contributed by atoms with Gasteiger partial charge < -0.3 is 9.15 Å². The standard InChI is InChI=1S/C17H16O4S/c1-10-5-3-4-6-14(10)20-8-13(18)12-9-22-15-7-11(2)21-17(19)16(12)15/h3-7,12H,8-9H2,1-2H3. The monoisotopic (exact) mass is 316 g/mol. The number of para-hydroxylation sites is 1. The molecule has 0 spiro atoms. The van der Waals surface area contributed by atoms with E-state index in [1.807, 2.05) is 37.3 Å². The summed E-state index contributed by atoms with van der Waals surface area (Å²) in [6.45, 7) is 3.62. The summed E-state index contributed by atoms with van der Waals surface area (Å²) in [7, 11) is 0. The Hall–Kier alpha value is -2.01. The van der Waals surface area contributed by atoms with Gasteiger partial charge in [0, 0.05) is 10.6 Å². The van der Waals surface area contributed by atoms with Crippen molar-refractivity contribution in [2.45, 2.75) is 24.7 Å². The maximum Gasteiger partial charge on any atom is 0.340 e. The summed E-state index contributed by atoms with van der Waals surface area (Å²) in [6.07, 6.45) is 0. The molecule has 0 bridgehead atoms. The zero-order valence-electron chi connectivity index (χ0n) is 12.4. The van der Waals surface area contributed by atoms with Gasteiger partial charge >= 0.3 is 5.63 Å². The van der Waals surface area contributed by atoms with E-state index in [1.54, 1.807) is 6.92 Å². The van der Waals surface area contributed by atoms with E-state index in [1.165, 1.54) is 11.8 Å². The van der Waals surface area contributed by atoms with E-state index in [2.05, 4.69) is 0 Å². The van der Waals surface area contributed by atoms with Crippen LogP contribution < -0.4 is 10.4 Å². The van der Waals surface area contributed by atoms with Gasteiger partial charge in [0.2, 0.25) is 0 Å². The van der Waals surface area contributed by atoms with Crippen LogP contribution in [0.3, 0.4) is 0 Å². The Bertz CT molecular complexity index is 778. The van der Waals surface area contributed by atoms with E-state index < -0.39 is 11.5 Å². The number of Topliss-reactive ketones (excluding diaryl/α,β-unsaturated/α-hetero) is 1. The first-order valence-corrected chi connectivity index (χ1v) is 8.03. The highest BCUT2D eigenvalue weighted by Crippen LogP contribution is 2.38. The van der Waals surface area contributed by atoms with E-state index in [-0.39, 0.29) is 12.4 Å². The van der Waals surface area contributed by atoms with Crippen LogP contribution in [0, 0.1) is 13.8 Å². The first kappa shape index (κ1) is 14.9. The van der Waals surface area contributed by atoms with Crippen LogP contribution in [0.1, 0.15) is 22.8 Å². The van der Waals surface area contributed by atoms with Crippen molar-refractivity contribution in [2.24, 2.45) is 0 Å². The molecule has 114 valence electrons. The quantitative estimate of drug-likeness (QED) is 0.867. The minimum absolute atomic E-state index is 0.0389. The van der Waals surface area contributed by atoms with E-state index >= 15 is 0 Å². The van der Waals surface area contributed by atoms with Gasteiger partial charge in [0.15, 0.2) is 5.78 Å². The van der Waals surface area contributed by atoms with Crippen LogP contribution in [-0.2, 0) is 4.79 Å². The van der Waals surface area contributed by atoms with Crippen molar-refractivity contribution in [1.29, 1.82) is 0 Å². The molecule has 1 aromatic carbocycles. The lowest BCUT2D eigenvalue weighted by Gasteiger charge is -2.11. The molecule has 1 aliphatic rings. The van der Waals surface area contributed by atoms with Crippen molar-refractivity contribution in [3.63, 3.8) is 0 Å². The summed E-state index contributed by atoms with van der Waals surface area (Å²) in [4.78, 5) is 25.3. The molecule has 1 aromatic heterocycles. The molecule has 0 saturated carbocycles. The first-order chi connectivity index (χ1) is 10.6. The Labute approximate surface area is 132 Å². The molecule has 4 nitrogen and oxygen atoms in total. The van der Waals surface area contributed by atoms with Crippen LogP contribution in [0.5, 0.6) is 5.75 Å². The second-order valence-corrected chi connectivity index (χ2v) is 6.37.